The third-order valence-electron chi connectivity index (χ3n) is 9.50. The van der Waals surface area contributed by atoms with Crippen LogP contribution in [0.2, 0.25) is 0 Å². The van der Waals surface area contributed by atoms with Gasteiger partial charge in [-0.15, -0.1) is 0 Å². The molecule has 0 spiro atoms. The molecule has 0 radical (unpaired) electrons. The number of rotatable bonds is 6. The van der Waals surface area contributed by atoms with Gasteiger partial charge in [-0.1, -0.05) is 176 Å². The monoisotopic (exact) mass is 639 g/mol. The van der Waals surface area contributed by atoms with Crippen molar-refractivity contribution < 1.29 is 0 Å². The maximum Gasteiger partial charge on any atom is 0.159 e. The second-order valence-electron chi connectivity index (χ2n) is 12.6. The van der Waals surface area contributed by atoms with E-state index >= 15 is 0 Å². The lowest BCUT2D eigenvalue weighted by Gasteiger charge is -2.24. The van der Waals surface area contributed by atoms with Crippen LogP contribution in [0.15, 0.2) is 198 Å². The Balaban J connectivity index is 1.20. The number of hydrogen-bond donors (Lipinski definition) is 1. The van der Waals surface area contributed by atoms with Crippen LogP contribution >= 0.6 is 0 Å². The first-order valence-corrected chi connectivity index (χ1v) is 17.0. The van der Waals surface area contributed by atoms with Crippen molar-refractivity contribution in [3.8, 4) is 33.4 Å². The minimum Gasteiger partial charge on any atom is -0.344 e. The Bertz CT molecular complexity index is 2500. The Labute approximate surface area is 292 Å². The van der Waals surface area contributed by atoms with E-state index in [0.717, 1.165) is 39.2 Å². The fourth-order valence-corrected chi connectivity index (χ4v) is 7.18. The van der Waals surface area contributed by atoms with E-state index in [1.165, 1.54) is 38.2 Å². The fourth-order valence-electron chi connectivity index (χ4n) is 7.18. The summed E-state index contributed by atoms with van der Waals surface area (Å²) in [6.07, 6.45) is -0.283. The maximum absolute atomic E-state index is 5.20. The molecule has 0 saturated heterocycles. The molecule has 3 nitrogen and oxygen atoms in total. The summed E-state index contributed by atoms with van der Waals surface area (Å²) in [6, 6.07) is 66.4. The van der Waals surface area contributed by atoms with Crippen molar-refractivity contribution in [3.63, 3.8) is 0 Å². The first-order chi connectivity index (χ1) is 24.8. The predicted molar refractivity (Wildman–Crippen MR) is 210 cm³/mol. The zero-order valence-corrected chi connectivity index (χ0v) is 27.4. The van der Waals surface area contributed by atoms with Crippen LogP contribution in [-0.2, 0) is 0 Å². The van der Waals surface area contributed by atoms with Gasteiger partial charge in [-0.05, 0) is 72.6 Å². The van der Waals surface area contributed by atoms with Gasteiger partial charge in [0.25, 0.3) is 0 Å². The van der Waals surface area contributed by atoms with E-state index in [9.17, 15) is 0 Å². The van der Waals surface area contributed by atoms with Crippen LogP contribution in [0.4, 0.5) is 0 Å². The Morgan fingerprint density at radius 1 is 0.360 bits per heavy atom. The normalized spacial score (nSPS) is 14.2. The summed E-state index contributed by atoms with van der Waals surface area (Å²) in [5.74, 6) is 1.50. The quantitative estimate of drug-likeness (QED) is 0.181. The van der Waals surface area contributed by atoms with E-state index in [4.69, 9.17) is 9.98 Å². The minimum atomic E-state index is -0.283. The zero-order chi connectivity index (χ0) is 33.3. The highest BCUT2D eigenvalue weighted by atomic mass is 15.2. The summed E-state index contributed by atoms with van der Waals surface area (Å²) >= 11 is 0. The lowest BCUT2D eigenvalue weighted by atomic mass is 9.85. The van der Waals surface area contributed by atoms with Gasteiger partial charge in [0, 0.05) is 11.1 Å². The van der Waals surface area contributed by atoms with Crippen LogP contribution in [-0.4, -0.2) is 11.7 Å². The average Bonchev–Trinajstić information content (AvgIpc) is 3.21. The number of fused-ring (bicyclic) bond motifs is 2. The maximum atomic E-state index is 5.20. The molecule has 236 valence electrons. The molecule has 0 saturated carbocycles. The molecule has 0 aliphatic carbocycles. The molecule has 50 heavy (non-hydrogen) atoms. The number of amidine groups is 2. The Hall–Kier alpha value is -6.58. The third kappa shape index (κ3) is 5.45. The van der Waals surface area contributed by atoms with E-state index in [1.54, 1.807) is 0 Å². The molecule has 8 aromatic carbocycles. The number of nitrogens with one attached hydrogen (secondary N) is 1. The summed E-state index contributed by atoms with van der Waals surface area (Å²) in [5, 5.41) is 8.61. The van der Waals surface area contributed by atoms with Gasteiger partial charge in [0.1, 0.15) is 12.0 Å². The van der Waals surface area contributed by atoms with Crippen molar-refractivity contribution in [1.82, 2.24) is 5.32 Å². The second kappa shape index (κ2) is 12.8. The highest BCUT2D eigenvalue weighted by Gasteiger charge is 2.22. The first-order valence-electron chi connectivity index (χ1n) is 17.0. The average molecular weight is 640 g/mol. The standard InChI is InChI=1S/C47H33N3/c1-4-16-32(17-5-1)35-22-14-24-37(30-35)46-48-45(34-20-8-3-9-21-34)49-47(50-46)38-25-15-23-36(31-38)44-41-28-12-10-26-39(41)43(33-18-6-2-7-19-33)40-27-11-13-29-42(40)44/h1-31,45H,(H,48,49,50). The van der Waals surface area contributed by atoms with Crippen molar-refractivity contribution >= 4 is 33.2 Å². The van der Waals surface area contributed by atoms with E-state index in [-0.39, 0.29) is 6.17 Å². The summed E-state index contributed by atoms with van der Waals surface area (Å²) < 4.78 is 0. The second-order valence-corrected chi connectivity index (χ2v) is 12.6. The van der Waals surface area contributed by atoms with E-state index in [2.05, 4.69) is 181 Å². The van der Waals surface area contributed by atoms with Crippen molar-refractivity contribution in [2.45, 2.75) is 6.17 Å². The Morgan fingerprint density at radius 2 is 0.800 bits per heavy atom. The van der Waals surface area contributed by atoms with Crippen LogP contribution in [0.25, 0.3) is 54.9 Å². The highest BCUT2D eigenvalue weighted by Crippen LogP contribution is 2.43. The molecule has 1 aliphatic rings. The topological polar surface area (TPSA) is 36.8 Å². The zero-order valence-electron chi connectivity index (χ0n) is 27.4. The van der Waals surface area contributed by atoms with Crippen molar-refractivity contribution in [2.75, 3.05) is 0 Å². The Kier molecular flexibility index (Phi) is 7.56. The lowest BCUT2D eigenvalue weighted by Crippen LogP contribution is -2.33. The molecule has 1 aliphatic heterocycles. The van der Waals surface area contributed by atoms with Crippen LogP contribution < -0.4 is 5.32 Å². The van der Waals surface area contributed by atoms with Gasteiger partial charge in [0.2, 0.25) is 0 Å². The predicted octanol–water partition coefficient (Wildman–Crippen LogP) is 11.5. The molecule has 0 fully saturated rings. The molecule has 1 unspecified atom stereocenters. The summed E-state index contributed by atoms with van der Waals surface area (Å²) in [4.78, 5) is 10.4. The summed E-state index contributed by atoms with van der Waals surface area (Å²) in [5.41, 5.74) is 10.2. The van der Waals surface area contributed by atoms with E-state index < -0.39 is 0 Å². The largest absolute Gasteiger partial charge is 0.344 e. The Morgan fingerprint density at radius 3 is 1.42 bits per heavy atom. The van der Waals surface area contributed by atoms with Gasteiger partial charge in [-0.2, -0.15) is 0 Å². The van der Waals surface area contributed by atoms with Gasteiger partial charge in [-0.3, -0.25) is 0 Å². The van der Waals surface area contributed by atoms with Crippen LogP contribution in [0, 0.1) is 0 Å². The number of hydrogen-bond acceptors (Lipinski definition) is 3. The van der Waals surface area contributed by atoms with Crippen molar-refractivity contribution in [3.05, 3.63) is 205 Å². The molecule has 1 N–H and O–H groups in total. The molecule has 0 amide bonds. The molecule has 9 rings (SSSR count). The molecule has 1 atom stereocenters. The van der Waals surface area contributed by atoms with E-state index in [0.29, 0.717) is 5.84 Å². The molecule has 1 heterocycles. The van der Waals surface area contributed by atoms with Gasteiger partial charge in [-0.25, -0.2) is 9.98 Å². The van der Waals surface area contributed by atoms with Gasteiger partial charge < -0.3 is 5.32 Å². The summed E-state index contributed by atoms with van der Waals surface area (Å²) in [6.45, 7) is 0. The lowest BCUT2D eigenvalue weighted by molar-refractivity contribution is 0.674. The minimum absolute atomic E-state index is 0.283. The molecular formula is C47H33N3. The molecule has 8 aromatic rings. The highest BCUT2D eigenvalue weighted by molar-refractivity contribution is 6.22. The number of aliphatic imine (C=N–C) groups is 2. The van der Waals surface area contributed by atoms with Gasteiger partial charge in [0.05, 0.1) is 0 Å². The van der Waals surface area contributed by atoms with Crippen LogP contribution in [0.1, 0.15) is 22.9 Å². The third-order valence-corrected chi connectivity index (χ3v) is 9.50. The van der Waals surface area contributed by atoms with E-state index in [1.807, 2.05) is 12.1 Å². The van der Waals surface area contributed by atoms with Crippen molar-refractivity contribution in [2.24, 2.45) is 9.98 Å². The van der Waals surface area contributed by atoms with Crippen LogP contribution in [0.5, 0.6) is 0 Å². The van der Waals surface area contributed by atoms with Gasteiger partial charge in [0.15, 0.2) is 5.84 Å². The molecule has 0 aromatic heterocycles. The fraction of sp³-hybridized carbons (Fsp3) is 0.0213. The number of nitrogens with zero attached hydrogens (tertiary/aromatic N) is 2. The van der Waals surface area contributed by atoms with Crippen molar-refractivity contribution in [1.29, 1.82) is 0 Å². The molecule has 3 heteroatoms. The molecule has 0 bridgehead atoms. The van der Waals surface area contributed by atoms with Crippen LogP contribution in [0.3, 0.4) is 0 Å². The smallest absolute Gasteiger partial charge is 0.159 e. The first kappa shape index (κ1) is 29.6. The number of benzene rings is 8. The summed E-state index contributed by atoms with van der Waals surface area (Å²) in [7, 11) is 0. The molecular weight excluding hydrogens is 607 g/mol. The SMILES string of the molecule is c1ccc(-c2cccc(C3=NC(c4ccccc4)NC(c4cccc(-c5c6ccccc6c(-c6ccccc6)c6ccccc56)c4)=N3)c2)cc1. The van der Waals surface area contributed by atoms with Gasteiger partial charge >= 0.3 is 0 Å².